The molecular weight excluding hydrogens is 262 g/mol. The Morgan fingerprint density at radius 2 is 1.71 bits per heavy atom. The second-order valence-electron chi connectivity index (χ2n) is 5.80. The first-order valence-corrected chi connectivity index (χ1v) is 7.60. The highest BCUT2D eigenvalue weighted by Gasteiger charge is 2.25. The molecule has 0 radical (unpaired) electrons. The molecule has 2 unspecified atom stereocenters. The molecule has 1 aliphatic heterocycles. The number of aliphatic imine (C=N–C) groups is 1. The molecule has 0 aliphatic carbocycles. The number of rotatable bonds is 3. The molecule has 0 aromatic heterocycles. The van der Waals surface area contributed by atoms with Crippen molar-refractivity contribution in [2.24, 2.45) is 4.99 Å². The summed E-state index contributed by atoms with van der Waals surface area (Å²) in [5, 5.41) is 0. The molecule has 1 aromatic rings. The molecule has 0 saturated heterocycles. The van der Waals surface area contributed by atoms with Gasteiger partial charge in [0.15, 0.2) is 11.5 Å². The zero-order valence-electron chi connectivity index (χ0n) is 13.9. The van der Waals surface area contributed by atoms with Crippen LogP contribution in [0.5, 0.6) is 11.5 Å². The summed E-state index contributed by atoms with van der Waals surface area (Å²) in [4.78, 5) is 4.57. The van der Waals surface area contributed by atoms with E-state index in [0.717, 1.165) is 34.8 Å². The number of hydrogen-bond acceptors (Lipinski definition) is 3. The van der Waals surface area contributed by atoms with E-state index in [1.807, 2.05) is 39.1 Å². The van der Waals surface area contributed by atoms with E-state index in [0.29, 0.717) is 0 Å². The summed E-state index contributed by atoms with van der Waals surface area (Å²) in [5.41, 5.74) is 4.53. The molecule has 21 heavy (non-hydrogen) atoms. The maximum Gasteiger partial charge on any atom is 0.162 e. The SMILES string of the molecule is CC/C(C)=C/N=C(C)c1cc2c(cc1C)OC(C)C(C)O2. The van der Waals surface area contributed by atoms with E-state index in [1.54, 1.807) is 0 Å². The Morgan fingerprint density at radius 1 is 1.14 bits per heavy atom. The summed E-state index contributed by atoms with van der Waals surface area (Å²) in [6.45, 7) is 12.4. The Balaban J connectivity index is 2.36. The average Bonchev–Trinajstić information content (AvgIpc) is 2.45. The largest absolute Gasteiger partial charge is 0.483 e. The summed E-state index contributed by atoms with van der Waals surface area (Å²) < 4.78 is 11.8. The third-order valence-electron chi connectivity index (χ3n) is 4.00. The minimum atomic E-state index is 0.0625. The van der Waals surface area contributed by atoms with Crippen molar-refractivity contribution in [1.29, 1.82) is 0 Å². The molecule has 0 N–H and O–H groups in total. The van der Waals surface area contributed by atoms with E-state index in [9.17, 15) is 0 Å². The Morgan fingerprint density at radius 3 is 2.29 bits per heavy atom. The van der Waals surface area contributed by atoms with Gasteiger partial charge < -0.3 is 9.47 Å². The molecule has 0 saturated carbocycles. The minimum Gasteiger partial charge on any atom is -0.483 e. The van der Waals surface area contributed by atoms with Crippen LogP contribution in [0.3, 0.4) is 0 Å². The second kappa shape index (κ2) is 6.33. The van der Waals surface area contributed by atoms with Gasteiger partial charge in [0, 0.05) is 17.5 Å². The van der Waals surface area contributed by atoms with Crippen molar-refractivity contribution in [3.63, 3.8) is 0 Å². The van der Waals surface area contributed by atoms with E-state index < -0.39 is 0 Å². The van der Waals surface area contributed by atoms with Crippen LogP contribution < -0.4 is 9.47 Å². The first kappa shape index (κ1) is 15.6. The number of benzene rings is 1. The third kappa shape index (κ3) is 3.46. The molecule has 0 amide bonds. The summed E-state index contributed by atoms with van der Waals surface area (Å²) in [6, 6.07) is 4.09. The predicted octanol–water partition coefficient (Wildman–Crippen LogP) is 4.67. The molecule has 0 spiro atoms. The smallest absolute Gasteiger partial charge is 0.162 e. The van der Waals surface area contributed by atoms with Crippen molar-refractivity contribution in [3.8, 4) is 11.5 Å². The fourth-order valence-electron chi connectivity index (χ4n) is 2.20. The van der Waals surface area contributed by atoms with Crippen molar-refractivity contribution in [3.05, 3.63) is 35.0 Å². The van der Waals surface area contributed by atoms with Crippen LogP contribution in [0.25, 0.3) is 0 Å². The topological polar surface area (TPSA) is 30.8 Å². The number of aryl methyl sites for hydroxylation is 1. The maximum atomic E-state index is 5.94. The van der Waals surface area contributed by atoms with Gasteiger partial charge >= 0.3 is 0 Å². The summed E-state index contributed by atoms with van der Waals surface area (Å²) in [7, 11) is 0. The number of allylic oxidation sites excluding steroid dienone is 1. The quantitative estimate of drug-likeness (QED) is 0.757. The van der Waals surface area contributed by atoms with Crippen LogP contribution in [0.2, 0.25) is 0 Å². The van der Waals surface area contributed by atoms with Gasteiger partial charge in [-0.05, 0) is 58.7 Å². The van der Waals surface area contributed by atoms with E-state index in [1.165, 1.54) is 5.57 Å². The predicted molar refractivity (Wildman–Crippen MR) is 87.6 cm³/mol. The number of nitrogens with zero attached hydrogens (tertiary/aromatic N) is 1. The van der Waals surface area contributed by atoms with Crippen LogP contribution >= 0.6 is 0 Å². The first-order chi connectivity index (χ1) is 9.92. The molecule has 1 heterocycles. The lowest BCUT2D eigenvalue weighted by atomic mass is 10.0. The lowest BCUT2D eigenvalue weighted by Crippen LogP contribution is -2.35. The van der Waals surface area contributed by atoms with E-state index in [4.69, 9.17) is 9.47 Å². The van der Waals surface area contributed by atoms with Crippen LogP contribution in [0.15, 0.2) is 28.9 Å². The van der Waals surface area contributed by atoms with E-state index in [-0.39, 0.29) is 12.2 Å². The van der Waals surface area contributed by atoms with Gasteiger partial charge in [0.25, 0.3) is 0 Å². The zero-order valence-corrected chi connectivity index (χ0v) is 13.9. The van der Waals surface area contributed by atoms with Gasteiger partial charge in [0.05, 0.1) is 0 Å². The Labute approximate surface area is 127 Å². The lowest BCUT2D eigenvalue weighted by molar-refractivity contribution is 0.0429. The summed E-state index contributed by atoms with van der Waals surface area (Å²) >= 11 is 0. The standard InChI is InChI=1S/C18H25NO2/c1-7-11(2)10-19-13(4)16-9-18-17(8-12(16)3)20-14(5)15(6)21-18/h8-10,14-15H,7H2,1-6H3/b11-10+,19-13?. The van der Waals surface area contributed by atoms with Gasteiger partial charge in [-0.2, -0.15) is 0 Å². The normalized spacial score (nSPS) is 22.4. The van der Waals surface area contributed by atoms with E-state index in [2.05, 4.69) is 25.8 Å². The maximum absolute atomic E-state index is 5.94. The number of hydrogen-bond donors (Lipinski definition) is 0. The van der Waals surface area contributed by atoms with Gasteiger partial charge in [-0.3, -0.25) is 4.99 Å². The van der Waals surface area contributed by atoms with Crippen molar-refractivity contribution >= 4 is 5.71 Å². The molecule has 114 valence electrons. The van der Waals surface area contributed by atoms with Crippen LogP contribution in [-0.4, -0.2) is 17.9 Å². The molecule has 0 bridgehead atoms. The van der Waals surface area contributed by atoms with Crippen LogP contribution in [0.4, 0.5) is 0 Å². The molecule has 3 heteroatoms. The molecule has 1 aromatic carbocycles. The number of fused-ring (bicyclic) bond motifs is 1. The van der Waals surface area contributed by atoms with Crippen molar-refractivity contribution in [2.75, 3.05) is 0 Å². The highest BCUT2D eigenvalue weighted by Crippen LogP contribution is 2.36. The minimum absolute atomic E-state index is 0.0625. The second-order valence-corrected chi connectivity index (χ2v) is 5.80. The van der Waals surface area contributed by atoms with Crippen molar-refractivity contribution in [2.45, 2.75) is 60.2 Å². The van der Waals surface area contributed by atoms with Gasteiger partial charge in [-0.15, -0.1) is 0 Å². The lowest BCUT2D eigenvalue weighted by Gasteiger charge is -2.30. The summed E-state index contributed by atoms with van der Waals surface area (Å²) in [5.74, 6) is 1.64. The van der Waals surface area contributed by atoms with Gasteiger partial charge in [-0.1, -0.05) is 12.5 Å². The molecule has 2 atom stereocenters. The monoisotopic (exact) mass is 287 g/mol. The van der Waals surface area contributed by atoms with Crippen molar-refractivity contribution < 1.29 is 9.47 Å². The highest BCUT2D eigenvalue weighted by molar-refractivity contribution is 6.01. The van der Waals surface area contributed by atoms with Crippen LogP contribution in [-0.2, 0) is 0 Å². The van der Waals surface area contributed by atoms with Gasteiger partial charge in [0.2, 0.25) is 0 Å². The molecule has 1 aliphatic rings. The fourth-order valence-corrected chi connectivity index (χ4v) is 2.20. The van der Waals surface area contributed by atoms with E-state index >= 15 is 0 Å². The summed E-state index contributed by atoms with van der Waals surface area (Å²) in [6.07, 6.45) is 3.10. The fraction of sp³-hybridized carbons (Fsp3) is 0.500. The molecule has 2 rings (SSSR count). The van der Waals surface area contributed by atoms with Gasteiger partial charge in [-0.25, -0.2) is 0 Å². The third-order valence-corrected chi connectivity index (χ3v) is 4.00. The Hall–Kier alpha value is -1.77. The van der Waals surface area contributed by atoms with Crippen LogP contribution in [0, 0.1) is 6.92 Å². The average molecular weight is 287 g/mol. The van der Waals surface area contributed by atoms with Crippen molar-refractivity contribution in [1.82, 2.24) is 0 Å². The van der Waals surface area contributed by atoms with Gasteiger partial charge in [0.1, 0.15) is 12.2 Å². The Bertz CT molecular complexity index is 587. The Kier molecular flexibility index (Phi) is 4.71. The first-order valence-electron chi connectivity index (χ1n) is 7.60. The highest BCUT2D eigenvalue weighted by atomic mass is 16.6. The zero-order chi connectivity index (χ0) is 15.6. The molecule has 3 nitrogen and oxygen atoms in total. The molecule has 0 fully saturated rings. The molecular formula is C18H25NO2. The number of ether oxygens (including phenoxy) is 2. The van der Waals surface area contributed by atoms with Crippen LogP contribution in [0.1, 0.15) is 52.2 Å².